The molecule has 0 spiro atoms. The molecule has 1 unspecified atom stereocenters. The van der Waals surface area contributed by atoms with E-state index in [-0.39, 0.29) is 36.8 Å². The van der Waals surface area contributed by atoms with Gasteiger partial charge in [0.25, 0.3) is 0 Å². The van der Waals surface area contributed by atoms with Gasteiger partial charge in [0.2, 0.25) is 0 Å². The molecule has 2 nitrogen and oxygen atoms in total. The molecule has 0 radical (unpaired) electrons. The first-order chi connectivity index (χ1) is 7.79. The van der Waals surface area contributed by atoms with Crippen molar-refractivity contribution >= 4 is 5.78 Å². The van der Waals surface area contributed by atoms with Crippen LogP contribution in [-0.4, -0.2) is 10.9 Å². The van der Waals surface area contributed by atoms with Gasteiger partial charge >= 0.3 is 29.6 Å². The van der Waals surface area contributed by atoms with Crippen molar-refractivity contribution in [3.8, 4) is 0 Å². The molecule has 0 aromatic heterocycles. The van der Waals surface area contributed by atoms with Gasteiger partial charge in [-0.3, -0.25) is 4.79 Å². The van der Waals surface area contributed by atoms with Crippen molar-refractivity contribution < 1.29 is 40.9 Å². The standard InChI is InChI=1S/C14H12O2.Na.H/c15-13(11-7-3-1-4-8-11)14(16)12-9-5-2-6-10-12;;/h1-10,13,15H;;/q;+1;-1. The molecule has 1 atom stereocenters. The number of benzene rings is 2. The van der Waals surface area contributed by atoms with E-state index in [4.69, 9.17) is 0 Å². The molecule has 0 heterocycles. The van der Waals surface area contributed by atoms with Gasteiger partial charge < -0.3 is 6.53 Å². The summed E-state index contributed by atoms with van der Waals surface area (Å²) >= 11 is 0. The molecule has 0 saturated carbocycles. The van der Waals surface area contributed by atoms with Crippen LogP contribution >= 0.6 is 0 Å². The second-order valence-corrected chi connectivity index (χ2v) is 3.54. The Bertz CT molecular complexity index is 474. The Morgan fingerprint density at radius 1 is 0.941 bits per heavy atom. The van der Waals surface area contributed by atoms with Crippen LogP contribution in [0.2, 0.25) is 0 Å². The second kappa shape index (κ2) is 6.72. The first-order valence-electron chi connectivity index (χ1n) is 5.11. The van der Waals surface area contributed by atoms with Gasteiger partial charge in [-0.25, -0.2) is 0 Å². The van der Waals surface area contributed by atoms with Crippen LogP contribution in [0.5, 0.6) is 0 Å². The predicted octanol–water partition coefficient (Wildman–Crippen LogP) is -0.281. The fourth-order valence-electron chi connectivity index (χ4n) is 1.55. The van der Waals surface area contributed by atoms with Crippen LogP contribution in [0, 0.1) is 0 Å². The normalized spacial score (nSPS) is 11.4. The van der Waals surface area contributed by atoms with Gasteiger partial charge in [0, 0.05) is 5.56 Å². The van der Waals surface area contributed by atoms with E-state index in [1.165, 1.54) is 0 Å². The van der Waals surface area contributed by atoms with Gasteiger partial charge in [0.1, 0.15) is 6.10 Å². The third-order valence-corrected chi connectivity index (χ3v) is 2.42. The molecule has 0 aliphatic carbocycles. The number of rotatable bonds is 3. The molecule has 2 aromatic rings. The van der Waals surface area contributed by atoms with E-state index < -0.39 is 6.10 Å². The van der Waals surface area contributed by atoms with Crippen LogP contribution in [0.1, 0.15) is 23.5 Å². The maximum Gasteiger partial charge on any atom is 1.00 e. The average Bonchev–Trinajstić information content (AvgIpc) is 2.39. The number of ketones is 1. The summed E-state index contributed by atoms with van der Waals surface area (Å²) in [4.78, 5) is 11.9. The molecule has 82 valence electrons. The Kier molecular flexibility index (Phi) is 5.59. The summed E-state index contributed by atoms with van der Waals surface area (Å²) in [5.41, 5.74) is 1.15. The Morgan fingerprint density at radius 3 is 1.94 bits per heavy atom. The Balaban J connectivity index is 0.00000144. The van der Waals surface area contributed by atoms with Gasteiger partial charge in [0.15, 0.2) is 5.78 Å². The van der Waals surface area contributed by atoms with E-state index in [0.29, 0.717) is 11.1 Å². The number of aliphatic hydroxyl groups is 1. The van der Waals surface area contributed by atoms with Crippen LogP contribution < -0.4 is 29.6 Å². The van der Waals surface area contributed by atoms with Crippen LogP contribution in [0.4, 0.5) is 0 Å². The molecule has 17 heavy (non-hydrogen) atoms. The quantitative estimate of drug-likeness (QED) is 0.588. The van der Waals surface area contributed by atoms with E-state index in [9.17, 15) is 9.90 Å². The maximum atomic E-state index is 11.9. The number of Topliss-reactive ketones (excluding diaryl/α,β-unsaturated/α-hetero) is 1. The van der Waals surface area contributed by atoms with Crippen LogP contribution in [-0.2, 0) is 0 Å². The van der Waals surface area contributed by atoms with Crippen molar-refractivity contribution in [2.24, 2.45) is 0 Å². The van der Waals surface area contributed by atoms with Crippen molar-refractivity contribution in [2.75, 3.05) is 0 Å². The smallest absolute Gasteiger partial charge is 1.00 e. The van der Waals surface area contributed by atoms with Gasteiger partial charge in [-0.05, 0) is 5.56 Å². The molecule has 3 heteroatoms. The Hall–Kier alpha value is -0.930. The first-order valence-corrected chi connectivity index (χ1v) is 5.11. The summed E-state index contributed by atoms with van der Waals surface area (Å²) in [5, 5.41) is 9.89. The molecular formula is C14H13NaO2. The molecule has 1 N–H and O–H groups in total. The number of carbonyl (C=O) groups excluding carboxylic acids is 1. The SMILES string of the molecule is O=C(c1ccccc1)C(O)c1ccccc1.[H-].[Na+]. The average molecular weight is 236 g/mol. The van der Waals surface area contributed by atoms with E-state index in [2.05, 4.69) is 0 Å². The summed E-state index contributed by atoms with van der Waals surface area (Å²) < 4.78 is 0. The van der Waals surface area contributed by atoms with Crippen LogP contribution in [0.25, 0.3) is 0 Å². The molecular weight excluding hydrogens is 223 g/mol. The third-order valence-electron chi connectivity index (χ3n) is 2.42. The molecule has 2 aromatic carbocycles. The summed E-state index contributed by atoms with van der Waals surface area (Å²) in [7, 11) is 0. The fourth-order valence-corrected chi connectivity index (χ4v) is 1.55. The van der Waals surface area contributed by atoms with Gasteiger partial charge in [-0.1, -0.05) is 60.7 Å². The topological polar surface area (TPSA) is 37.3 Å². The predicted molar refractivity (Wildman–Crippen MR) is 63.3 cm³/mol. The zero-order valence-corrected chi connectivity index (χ0v) is 11.7. The summed E-state index contributed by atoms with van der Waals surface area (Å²) in [6.45, 7) is 0. The van der Waals surface area contributed by atoms with Gasteiger partial charge in [-0.2, -0.15) is 0 Å². The van der Waals surface area contributed by atoms with Crippen LogP contribution in [0.15, 0.2) is 60.7 Å². The van der Waals surface area contributed by atoms with E-state index >= 15 is 0 Å². The summed E-state index contributed by atoms with van der Waals surface area (Å²) in [6.07, 6.45) is -1.08. The zero-order valence-electron chi connectivity index (χ0n) is 10.7. The minimum Gasteiger partial charge on any atom is -1.00 e. The molecule has 0 bridgehead atoms. The summed E-state index contributed by atoms with van der Waals surface area (Å²) in [5.74, 6) is -0.271. The Morgan fingerprint density at radius 2 is 1.41 bits per heavy atom. The summed E-state index contributed by atoms with van der Waals surface area (Å²) in [6, 6.07) is 17.7. The zero-order chi connectivity index (χ0) is 11.4. The number of aliphatic hydroxyl groups excluding tert-OH is 1. The number of hydrogen-bond acceptors (Lipinski definition) is 2. The van der Waals surface area contributed by atoms with Crippen molar-refractivity contribution in [3.63, 3.8) is 0 Å². The minimum absolute atomic E-state index is 0. The first kappa shape index (κ1) is 14.1. The van der Waals surface area contributed by atoms with Crippen molar-refractivity contribution in [3.05, 3.63) is 71.8 Å². The molecule has 0 aliphatic heterocycles. The van der Waals surface area contributed by atoms with Gasteiger partial charge in [-0.15, -0.1) is 0 Å². The molecule has 2 rings (SSSR count). The minimum atomic E-state index is -1.08. The van der Waals surface area contributed by atoms with E-state index in [0.717, 1.165) is 0 Å². The molecule has 0 saturated heterocycles. The second-order valence-electron chi connectivity index (χ2n) is 3.54. The van der Waals surface area contributed by atoms with Crippen molar-refractivity contribution in [2.45, 2.75) is 6.10 Å². The Labute approximate surface area is 124 Å². The number of carbonyl (C=O) groups is 1. The van der Waals surface area contributed by atoms with Crippen molar-refractivity contribution in [1.29, 1.82) is 0 Å². The largest absolute Gasteiger partial charge is 1.00 e. The van der Waals surface area contributed by atoms with Crippen molar-refractivity contribution in [1.82, 2.24) is 0 Å². The molecule has 0 amide bonds. The number of hydrogen-bond donors (Lipinski definition) is 1. The third kappa shape index (κ3) is 3.51. The van der Waals surface area contributed by atoms with Gasteiger partial charge in [0.05, 0.1) is 0 Å². The molecule has 0 fully saturated rings. The van der Waals surface area contributed by atoms with E-state index in [1.54, 1.807) is 48.5 Å². The molecule has 0 aliphatic rings. The maximum absolute atomic E-state index is 11.9. The van der Waals surface area contributed by atoms with E-state index in [1.807, 2.05) is 12.1 Å². The van der Waals surface area contributed by atoms with Crippen LogP contribution in [0.3, 0.4) is 0 Å². The monoisotopic (exact) mass is 236 g/mol. The fraction of sp³-hybridized carbons (Fsp3) is 0.0714.